The number of carbonyl (C=O) groups excluding carboxylic acids is 1. The average Bonchev–Trinajstić information content (AvgIpc) is 3.12. The molecule has 140 valence electrons. The Labute approximate surface area is 160 Å². The monoisotopic (exact) mass is 387 g/mol. The van der Waals surface area contributed by atoms with Crippen LogP contribution in [0.25, 0.3) is 0 Å². The van der Waals surface area contributed by atoms with Gasteiger partial charge in [-0.25, -0.2) is 4.79 Å². The molecule has 2 N–H and O–H groups in total. The number of nitrogens with zero attached hydrogens (tertiary/aromatic N) is 4. The van der Waals surface area contributed by atoms with E-state index in [-0.39, 0.29) is 11.3 Å². The third-order valence-corrected chi connectivity index (χ3v) is 4.54. The Balaban J connectivity index is 1.88. The van der Waals surface area contributed by atoms with Gasteiger partial charge in [0, 0.05) is 18.3 Å². The maximum Gasteiger partial charge on any atom is 0.357 e. The highest BCUT2D eigenvalue weighted by molar-refractivity contribution is 6.31. The number of carbonyl (C=O) groups is 2. The van der Waals surface area contributed by atoms with E-state index in [1.807, 2.05) is 25.1 Å². The third kappa shape index (κ3) is 3.70. The number of hydrogen-bond acceptors (Lipinski definition) is 4. The van der Waals surface area contributed by atoms with Gasteiger partial charge in [0.1, 0.15) is 0 Å². The van der Waals surface area contributed by atoms with Gasteiger partial charge >= 0.3 is 5.97 Å². The zero-order valence-electron chi connectivity index (χ0n) is 15.0. The summed E-state index contributed by atoms with van der Waals surface area (Å²) in [5, 5.41) is 20.9. The summed E-state index contributed by atoms with van der Waals surface area (Å²) < 4.78 is 3.03. The van der Waals surface area contributed by atoms with E-state index in [1.54, 1.807) is 24.7 Å². The summed E-state index contributed by atoms with van der Waals surface area (Å²) in [5.74, 6) is -1.81. The maximum absolute atomic E-state index is 12.6. The predicted octanol–water partition coefficient (Wildman–Crippen LogP) is 2.89. The van der Waals surface area contributed by atoms with Gasteiger partial charge in [0.05, 0.1) is 29.2 Å². The number of carboxylic acids is 1. The van der Waals surface area contributed by atoms with Crippen molar-refractivity contribution in [1.82, 2.24) is 19.6 Å². The van der Waals surface area contributed by atoms with E-state index < -0.39 is 11.9 Å². The topological polar surface area (TPSA) is 102 Å². The number of aryl methyl sites for hydroxylation is 2. The van der Waals surface area contributed by atoms with Gasteiger partial charge in [-0.1, -0.05) is 29.8 Å². The lowest BCUT2D eigenvalue weighted by atomic mass is 10.2. The van der Waals surface area contributed by atoms with E-state index in [9.17, 15) is 14.7 Å². The summed E-state index contributed by atoms with van der Waals surface area (Å²) >= 11 is 6.21. The number of benzene rings is 1. The molecule has 0 fully saturated rings. The van der Waals surface area contributed by atoms with E-state index in [0.717, 1.165) is 11.3 Å². The van der Waals surface area contributed by atoms with Crippen molar-refractivity contribution in [2.75, 3.05) is 5.32 Å². The molecule has 0 saturated heterocycles. The smallest absolute Gasteiger partial charge is 0.357 e. The molecule has 0 unspecified atom stereocenters. The van der Waals surface area contributed by atoms with Gasteiger partial charge in [0.15, 0.2) is 5.69 Å². The molecule has 0 spiro atoms. The molecular weight excluding hydrogens is 370 g/mol. The predicted molar refractivity (Wildman–Crippen MR) is 100 cm³/mol. The van der Waals surface area contributed by atoms with Crippen LogP contribution in [0.15, 0.2) is 30.5 Å². The first-order chi connectivity index (χ1) is 12.8. The Kier molecular flexibility index (Phi) is 5.00. The van der Waals surface area contributed by atoms with E-state index in [1.165, 1.54) is 10.9 Å². The summed E-state index contributed by atoms with van der Waals surface area (Å²) in [6, 6.07) is 7.46. The molecule has 9 heteroatoms. The Morgan fingerprint density at radius 2 is 1.93 bits per heavy atom. The van der Waals surface area contributed by atoms with Crippen LogP contribution < -0.4 is 5.32 Å². The van der Waals surface area contributed by atoms with Gasteiger partial charge in [-0.15, -0.1) is 0 Å². The zero-order valence-corrected chi connectivity index (χ0v) is 15.8. The van der Waals surface area contributed by atoms with Crippen LogP contribution in [0.4, 0.5) is 5.69 Å². The second kappa shape index (κ2) is 7.24. The molecule has 0 aliphatic carbocycles. The highest BCUT2D eigenvalue weighted by Crippen LogP contribution is 2.23. The van der Waals surface area contributed by atoms with Crippen molar-refractivity contribution in [3.8, 4) is 0 Å². The van der Waals surface area contributed by atoms with E-state index >= 15 is 0 Å². The lowest BCUT2D eigenvalue weighted by Gasteiger charge is -2.08. The van der Waals surface area contributed by atoms with Crippen LogP contribution in [0, 0.1) is 13.8 Å². The van der Waals surface area contributed by atoms with Crippen LogP contribution in [0.5, 0.6) is 0 Å². The summed E-state index contributed by atoms with van der Waals surface area (Å²) in [4.78, 5) is 23.9. The SMILES string of the molecule is Cc1nn(Cc2ccccc2Cl)c(C)c1NC(=O)c1cn(C)nc1C(=O)O. The lowest BCUT2D eigenvalue weighted by molar-refractivity contribution is 0.0685. The number of nitrogens with one attached hydrogen (secondary N) is 1. The van der Waals surface area contributed by atoms with Crippen molar-refractivity contribution in [3.63, 3.8) is 0 Å². The molecule has 1 amide bonds. The number of hydrogen-bond donors (Lipinski definition) is 2. The number of anilines is 1. The number of aromatic carboxylic acids is 1. The largest absolute Gasteiger partial charge is 0.476 e. The van der Waals surface area contributed by atoms with Crippen molar-refractivity contribution in [1.29, 1.82) is 0 Å². The van der Waals surface area contributed by atoms with Crippen molar-refractivity contribution >= 4 is 29.2 Å². The number of carboxylic acid groups (broad SMARTS) is 1. The first-order valence-corrected chi connectivity index (χ1v) is 8.51. The van der Waals surface area contributed by atoms with Gasteiger partial charge < -0.3 is 10.4 Å². The van der Waals surface area contributed by atoms with Crippen molar-refractivity contribution in [3.05, 3.63) is 63.7 Å². The van der Waals surface area contributed by atoms with E-state index in [4.69, 9.17) is 11.6 Å². The number of amides is 1. The summed E-state index contributed by atoms with van der Waals surface area (Å²) in [6.07, 6.45) is 1.37. The zero-order chi connectivity index (χ0) is 19.7. The summed E-state index contributed by atoms with van der Waals surface area (Å²) in [6.45, 7) is 4.05. The van der Waals surface area contributed by atoms with E-state index in [0.29, 0.717) is 22.9 Å². The highest BCUT2D eigenvalue weighted by Gasteiger charge is 2.23. The van der Waals surface area contributed by atoms with Crippen molar-refractivity contribution < 1.29 is 14.7 Å². The molecule has 3 rings (SSSR count). The fraction of sp³-hybridized carbons (Fsp3) is 0.222. The van der Waals surface area contributed by atoms with Crippen LogP contribution in [-0.2, 0) is 13.6 Å². The minimum absolute atomic E-state index is 0.0114. The number of halogens is 1. The van der Waals surface area contributed by atoms with E-state index in [2.05, 4.69) is 15.5 Å². The quantitative estimate of drug-likeness (QED) is 0.700. The molecule has 0 bridgehead atoms. The van der Waals surface area contributed by atoms with Gasteiger partial charge in [-0.2, -0.15) is 10.2 Å². The second-order valence-corrected chi connectivity index (χ2v) is 6.53. The average molecular weight is 388 g/mol. The third-order valence-electron chi connectivity index (χ3n) is 4.17. The van der Waals surface area contributed by atoms with Crippen LogP contribution in [0.1, 0.15) is 37.8 Å². The van der Waals surface area contributed by atoms with Crippen molar-refractivity contribution in [2.45, 2.75) is 20.4 Å². The Morgan fingerprint density at radius 1 is 1.22 bits per heavy atom. The molecule has 0 aliphatic rings. The lowest BCUT2D eigenvalue weighted by Crippen LogP contribution is -2.16. The van der Waals surface area contributed by atoms with Gasteiger partial charge in [0.25, 0.3) is 5.91 Å². The number of aromatic nitrogens is 4. The van der Waals surface area contributed by atoms with Gasteiger partial charge in [-0.05, 0) is 25.5 Å². The Morgan fingerprint density at radius 3 is 2.59 bits per heavy atom. The Hall–Kier alpha value is -3.13. The summed E-state index contributed by atoms with van der Waals surface area (Å²) in [7, 11) is 1.56. The molecule has 0 radical (unpaired) electrons. The molecular formula is C18H18ClN5O3. The van der Waals surface area contributed by atoms with Crippen LogP contribution in [-0.4, -0.2) is 36.5 Å². The molecule has 8 nitrogen and oxygen atoms in total. The van der Waals surface area contributed by atoms with Gasteiger partial charge in [-0.3, -0.25) is 14.2 Å². The fourth-order valence-corrected chi connectivity index (χ4v) is 3.01. The maximum atomic E-state index is 12.6. The molecule has 2 aromatic heterocycles. The summed E-state index contributed by atoms with van der Waals surface area (Å²) in [5.41, 5.74) is 2.49. The number of rotatable bonds is 5. The van der Waals surface area contributed by atoms with Crippen molar-refractivity contribution in [2.24, 2.45) is 7.05 Å². The van der Waals surface area contributed by atoms with Crippen LogP contribution in [0.2, 0.25) is 5.02 Å². The Bertz CT molecular complexity index is 1040. The highest BCUT2D eigenvalue weighted by atomic mass is 35.5. The molecule has 1 aromatic carbocycles. The molecule has 0 aliphatic heterocycles. The van der Waals surface area contributed by atoms with Crippen LogP contribution in [0.3, 0.4) is 0 Å². The standard InChI is InChI=1S/C18H18ClN5O3/c1-10-15(20-17(25)13-9-23(3)22-16(13)18(26)27)11(2)24(21-10)8-12-6-4-5-7-14(12)19/h4-7,9H,8H2,1-3H3,(H,20,25)(H,26,27). The first kappa shape index (κ1) is 18.7. The molecule has 3 aromatic rings. The normalized spacial score (nSPS) is 10.8. The molecule has 0 saturated carbocycles. The minimum atomic E-state index is -1.26. The minimum Gasteiger partial charge on any atom is -0.476 e. The molecule has 0 atom stereocenters. The van der Waals surface area contributed by atoms with Gasteiger partial charge in [0.2, 0.25) is 0 Å². The van der Waals surface area contributed by atoms with Crippen LogP contribution >= 0.6 is 11.6 Å². The molecule has 2 heterocycles. The second-order valence-electron chi connectivity index (χ2n) is 6.12. The molecule has 27 heavy (non-hydrogen) atoms. The first-order valence-electron chi connectivity index (χ1n) is 8.13. The fourth-order valence-electron chi connectivity index (χ4n) is 2.81.